The molecule has 1 atom stereocenters. The van der Waals surface area contributed by atoms with Gasteiger partial charge in [-0.15, -0.1) is 0 Å². The number of benzene rings is 1. The van der Waals surface area contributed by atoms with E-state index in [2.05, 4.69) is 39.0 Å². The fraction of sp³-hybridized carbons (Fsp3) is 0.571. The first-order valence-electron chi connectivity index (χ1n) is 5.99. The van der Waals surface area contributed by atoms with E-state index in [1.807, 2.05) is 0 Å². The maximum Gasteiger partial charge on any atom is 0.0384 e. The number of rotatable bonds is 3. The highest BCUT2D eigenvalue weighted by atomic mass is 14.6. The first-order valence-corrected chi connectivity index (χ1v) is 5.99. The molecule has 0 bridgehead atoms. The summed E-state index contributed by atoms with van der Waals surface area (Å²) in [6.45, 7) is 6.72. The van der Waals surface area contributed by atoms with Gasteiger partial charge in [0.1, 0.15) is 0 Å². The van der Waals surface area contributed by atoms with Crippen LogP contribution in [0.5, 0.6) is 0 Å². The lowest BCUT2D eigenvalue weighted by molar-refractivity contribution is 0.664. The summed E-state index contributed by atoms with van der Waals surface area (Å²) >= 11 is 0. The molecule has 1 fully saturated rings. The van der Waals surface area contributed by atoms with E-state index in [1.165, 1.54) is 24.0 Å². The SMILES string of the molecule is CC(C)c1cccc(C(C)C2CC2)c1N. The van der Waals surface area contributed by atoms with Gasteiger partial charge >= 0.3 is 0 Å². The van der Waals surface area contributed by atoms with Gasteiger partial charge in [0.2, 0.25) is 0 Å². The molecule has 0 spiro atoms. The van der Waals surface area contributed by atoms with E-state index >= 15 is 0 Å². The molecule has 0 heterocycles. The Morgan fingerprint density at radius 3 is 2.27 bits per heavy atom. The standard InChI is InChI=1S/C14H21N/c1-9(2)12-5-4-6-13(14(12)15)10(3)11-7-8-11/h4-6,9-11H,7-8,15H2,1-3H3. The number of anilines is 1. The Balaban J connectivity index is 2.34. The van der Waals surface area contributed by atoms with Crippen LogP contribution in [0, 0.1) is 5.92 Å². The monoisotopic (exact) mass is 203 g/mol. The molecule has 1 aliphatic rings. The van der Waals surface area contributed by atoms with Crippen molar-refractivity contribution in [3.05, 3.63) is 29.3 Å². The molecule has 1 aliphatic carbocycles. The molecular weight excluding hydrogens is 182 g/mol. The van der Waals surface area contributed by atoms with Crippen LogP contribution in [0.2, 0.25) is 0 Å². The first kappa shape index (κ1) is 10.5. The first-order chi connectivity index (χ1) is 7.11. The second kappa shape index (κ2) is 3.88. The minimum absolute atomic E-state index is 0.524. The van der Waals surface area contributed by atoms with E-state index in [-0.39, 0.29) is 0 Å². The van der Waals surface area contributed by atoms with Gasteiger partial charge in [-0.2, -0.15) is 0 Å². The zero-order chi connectivity index (χ0) is 11.0. The molecule has 2 rings (SSSR count). The minimum Gasteiger partial charge on any atom is -0.398 e. The normalized spacial score (nSPS) is 18.1. The van der Waals surface area contributed by atoms with Crippen LogP contribution in [0.4, 0.5) is 5.69 Å². The summed E-state index contributed by atoms with van der Waals surface area (Å²) < 4.78 is 0. The zero-order valence-corrected chi connectivity index (χ0v) is 9.96. The molecule has 1 saturated carbocycles. The lowest BCUT2D eigenvalue weighted by atomic mass is 9.90. The smallest absolute Gasteiger partial charge is 0.0384 e. The molecule has 0 amide bonds. The average Bonchev–Trinajstić information content (AvgIpc) is 3.00. The third-order valence-corrected chi connectivity index (χ3v) is 3.62. The fourth-order valence-electron chi connectivity index (χ4n) is 2.35. The van der Waals surface area contributed by atoms with Crippen molar-refractivity contribution in [1.82, 2.24) is 0 Å². The Bertz CT molecular complexity index is 350. The molecule has 1 nitrogen and oxygen atoms in total. The molecule has 1 aromatic carbocycles. The van der Waals surface area contributed by atoms with Crippen molar-refractivity contribution in [2.75, 3.05) is 5.73 Å². The van der Waals surface area contributed by atoms with Crippen molar-refractivity contribution >= 4 is 5.69 Å². The molecule has 1 heteroatoms. The van der Waals surface area contributed by atoms with E-state index < -0.39 is 0 Å². The summed E-state index contributed by atoms with van der Waals surface area (Å²) in [6.07, 6.45) is 2.76. The van der Waals surface area contributed by atoms with Gasteiger partial charge in [0.05, 0.1) is 0 Å². The van der Waals surface area contributed by atoms with Gasteiger partial charge in [-0.1, -0.05) is 39.0 Å². The molecule has 15 heavy (non-hydrogen) atoms. The van der Waals surface area contributed by atoms with Gasteiger partial charge in [0.25, 0.3) is 0 Å². The molecule has 2 N–H and O–H groups in total. The largest absolute Gasteiger partial charge is 0.398 e. The van der Waals surface area contributed by atoms with Gasteiger partial charge in [-0.25, -0.2) is 0 Å². The van der Waals surface area contributed by atoms with Crippen LogP contribution < -0.4 is 5.73 Å². The number of nitrogen functional groups attached to an aromatic ring is 1. The van der Waals surface area contributed by atoms with Crippen LogP contribution in [0.25, 0.3) is 0 Å². The second-order valence-corrected chi connectivity index (χ2v) is 5.13. The maximum absolute atomic E-state index is 6.25. The highest BCUT2D eigenvalue weighted by Gasteiger charge is 2.30. The molecule has 82 valence electrons. The van der Waals surface area contributed by atoms with Crippen LogP contribution in [-0.4, -0.2) is 0 Å². The Kier molecular flexibility index (Phi) is 2.72. The van der Waals surface area contributed by atoms with Crippen molar-refractivity contribution in [2.24, 2.45) is 5.92 Å². The topological polar surface area (TPSA) is 26.0 Å². The highest BCUT2D eigenvalue weighted by molar-refractivity contribution is 5.56. The Morgan fingerprint density at radius 2 is 1.73 bits per heavy atom. The predicted octanol–water partition coefficient (Wildman–Crippen LogP) is 3.91. The third-order valence-electron chi connectivity index (χ3n) is 3.62. The minimum atomic E-state index is 0.524. The molecular formula is C14H21N. The zero-order valence-electron chi connectivity index (χ0n) is 9.96. The number of para-hydroxylation sites is 1. The number of nitrogens with two attached hydrogens (primary N) is 1. The van der Waals surface area contributed by atoms with E-state index in [4.69, 9.17) is 5.73 Å². The van der Waals surface area contributed by atoms with E-state index in [0.717, 1.165) is 11.6 Å². The molecule has 1 unspecified atom stereocenters. The van der Waals surface area contributed by atoms with Crippen molar-refractivity contribution in [2.45, 2.75) is 45.4 Å². The third kappa shape index (κ3) is 2.01. The van der Waals surface area contributed by atoms with Gasteiger partial charge in [0, 0.05) is 5.69 Å². The lowest BCUT2D eigenvalue weighted by Gasteiger charge is -2.18. The van der Waals surface area contributed by atoms with Crippen LogP contribution in [0.15, 0.2) is 18.2 Å². The molecule has 0 aliphatic heterocycles. The van der Waals surface area contributed by atoms with Crippen LogP contribution >= 0.6 is 0 Å². The van der Waals surface area contributed by atoms with Gasteiger partial charge in [-0.05, 0) is 41.7 Å². The van der Waals surface area contributed by atoms with Crippen molar-refractivity contribution in [3.8, 4) is 0 Å². The predicted molar refractivity (Wildman–Crippen MR) is 66.1 cm³/mol. The summed E-state index contributed by atoms with van der Waals surface area (Å²) in [5.41, 5.74) is 9.96. The molecule has 0 saturated heterocycles. The summed E-state index contributed by atoms with van der Waals surface area (Å²) in [6, 6.07) is 6.51. The van der Waals surface area contributed by atoms with Crippen molar-refractivity contribution < 1.29 is 0 Å². The van der Waals surface area contributed by atoms with Crippen LogP contribution in [-0.2, 0) is 0 Å². The molecule has 0 aromatic heterocycles. The Labute approximate surface area is 92.7 Å². The maximum atomic E-state index is 6.25. The average molecular weight is 203 g/mol. The second-order valence-electron chi connectivity index (χ2n) is 5.13. The summed E-state index contributed by atoms with van der Waals surface area (Å²) in [7, 11) is 0. The lowest BCUT2D eigenvalue weighted by Crippen LogP contribution is -2.05. The Hall–Kier alpha value is -0.980. The summed E-state index contributed by atoms with van der Waals surface area (Å²) in [4.78, 5) is 0. The molecule has 1 aromatic rings. The summed E-state index contributed by atoms with van der Waals surface area (Å²) in [5, 5.41) is 0. The molecule has 0 radical (unpaired) electrons. The van der Waals surface area contributed by atoms with Gasteiger partial charge in [0.15, 0.2) is 0 Å². The summed E-state index contributed by atoms with van der Waals surface area (Å²) in [5.74, 6) is 2.05. The number of hydrogen-bond donors (Lipinski definition) is 1. The van der Waals surface area contributed by atoms with Crippen molar-refractivity contribution in [1.29, 1.82) is 0 Å². The van der Waals surface area contributed by atoms with Crippen molar-refractivity contribution in [3.63, 3.8) is 0 Å². The van der Waals surface area contributed by atoms with Crippen LogP contribution in [0.3, 0.4) is 0 Å². The quantitative estimate of drug-likeness (QED) is 0.741. The van der Waals surface area contributed by atoms with Gasteiger partial charge in [-0.3, -0.25) is 0 Å². The van der Waals surface area contributed by atoms with E-state index in [1.54, 1.807) is 0 Å². The van der Waals surface area contributed by atoms with E-state index in [9.17, 15) is 0 Å². The fourth-order valence-corrected chi connectivity index (χ4v) is 2.35. The highest BCUT2D eigenvalue weighted by Crippen LogP contribution is 2.44. The van der Waals surface area contributed by atoms with Crippen LogP contribution in [0.1, 0.15) is 56.6 Å². The Morgan fingerprint density at radius 1 is 1.13 bits per heavy atom. The van der Waals surface area contributed by atoms with E-state index in [0.29, 0.717) is 11.8 Å². The number of hydrogen-bond acceptors (Lipinski definition) is 1. The van der Waals surface area contributed by atoms with Gasteiger partial charge < -0.3 is 5.73 Å².